The summed E-state index contributed by atoms with van der Waals surface area (Å²) in [5.74, 6) is -0.0798. The molecule has 1 heterocycles. The third-order valence-electron chi connectivity index (χ3n) is 1.90. The van der Waals surface area contributed by atoms with Crippen LogP contribution in [-0.2, 0) is 11.8 Å². The molecular weight excluding hydrogens is 178 g/mol. The maximum Gasteiger partial charge on any atom is 0.244 e. The number of aryl methyl sites for hydroxylation is 1. The van der Waals surface area contributed by atoms with Gasteiger partial charge in [0, 0.05) is 18.8 Å². The second-order valence-corrected chi connectivity index (χ2v) is 3.18. The first-order valence-corrected chi connectivity index (χ1v) is 4.55. The zero-order chi connectivity index (χ0) is 10.6. The lowest BCUT2D eigenvalue weighted by Crippen LogP contribution is -2.24. The van der Waals surface area contributed by atoms with Crippen molar-refractivity contribution in [1.82, 2.24) is 15.1 Å². The van der Waals surface area contributed by atoms with Crippen molar-refractivity contribution in [2.45, 2.75) is 19.9 Å². The molecule has 1 amide bonds. The number of hydrogen-bond donors (Lipinski definition) is 1. The second kappa shape index (κ2) is 4.60. The maximum atomic E-state index is 11.2. The molecular formula is C10H15N3O. The van der Waals surface area contributed by atoms with Gasteiger partial charge >= 0.3 is 0 Å². The Morgan fingerprint density at radius 2 is 2.43 bits per heavy atom. The van der Waals surface area contributed by atoms with Gasteiger partial charge in [0.25, 0.3) is 0 Å². The third-order valence-corrected chi connectivity index (χ3v) is 1.90. The molecule has 4 nitrogen and oxygen atoms in total. The lowest BCUT2D eigenvalue weighted by molar-refractivity contribution is -0.117. The summed E-state index contributed by atoms with van der Waals surface area (Å²) in [6.07, 6.45) is 6.86. The quantitative estimate of drug-likeness (QED) is 0.732. The number of nitrogens with zero attached hydrogens (tertiary/aromatic N) is 2. The molecule has 0 aromatic carbocycles. The summed E-state index contributed by atoms with van der Waals surface area (Å²) in [6, 6.07) is -0.00704. The van der Waals surface area contributed by atoms with Crippen LogP contribution >= 0.6 is 0 Å². The van der Waals surface area contributed by atoms with Crippen LogP contribution in [0.3, 0.4) is 0 Å². The zero-order valence-corrected chi connectivity index (χ0v) is 8.69. The summed E-state index contributed by atoms with van der Waals surface area (Å²) < 4.78 is 1.72. The van der Waals surface area contributed by atoms with Crippen LogP contribution in [0.5, 0.6) is 0 Å². The number of carbonyl (C=O) groups is 1. The van der Waals surface area contributed by atoms with Gasteiger partial charge in [-0.25, -0.2) is 0 Å². The highest BCUT2D eigenvalue weighted by molar-refractivity contribution is 5.87. The van der Waals surface area contributed by atoms with Gasteiger partial charge < -0.3 is 5.32 Å². The molecule has 0 aliphatic rings. The fourth-order valence-electron chi connectivity index (χ4n) is 1.16. The van der Waals surface area contributed by atoms with E-state index in [1.54, 1.807) is 17.0 Å². The molecule has 1 aromatic rings. The van der Waals surface area contributed by atoms with Crippen LogP contribution in [0.1, 0.15) is 25.5 Å². The molecule has 0 saturated heterocycles. The average Bonchev–Trinajstić information content (AvgIpc) is 2.52. The van der Waals surface area contributed by atoms with E-state index in [0.717, 1.165) is 5.56 Å². The smallest absolute Gasteiger partial charge is 0.244 e. The number of hydrogen-bond acceptors (Lipinski definition) is 2. The standard InChI is InChI=1S/C10H15N3O/c1-4-5-10(14)12-8(2)9-6-11-13(3)7-9/h4-8H,1-3H3,(H,12,14)/b5-4+. The van der Waals surface area contributed by atoms with E-state index < -0.39 is 0 Å². The SMILES string of the molecule is C/C=C/C(=O)NC(C)c1cnn(C)c1. The summed E-state index contributed by atoms with van der Waals surface area (Å²) in [7, 11) is 1.85. The number of nitrogens with one attached hydrogen (secondary N) is 1. The van der Waals surface area contributed by atoms with Gasteiger partial charge in [-0.3, -0.25) is 9.48 Å². The Hall–Kier alpha value is -1.58. The number of rotatable bonds is 3. The van der Waals surface area contributed by atoms with Crippen LogP contribution in [0.4, 0.5) is 0 Å². The molecule has 0 saturated carbocycles. The number of allylic oxidation sites excluding steroid dienone is 1. The Morgan fingerprint density at radius 3 is 2.93 bits per heavy atom. The number of carbonyl (C=O) groups excluding carboxylic acids is 1. The van der Waals surface area contributed by atoms with E-state index >= 15 is 0 Å². The minimum Gasteiger partial charge on any atom is -0.346 e. The fourth-order valence-corrected chi connectivity index (χ4v) is 1.16. The van der Waals surface area contributed by atoms with E-state index in [-0.39, 0.29) is 11.9 Å². The van der Waals surface area contributed by atoms with Crippen LogP contribution in [0.2, 0.25) is 0 Å². The summed E-state index contributed by atoms with van der Waals surface area (Å²) in [6.45, 7) is 3.74. The molecule has 0 radical (unpaired) electrons. The molecule has 0 aliphatic carbocycles. The van der Waals surface area contributed by atoms with Crippen LogP contribution in [0, 0.1) is 0 Å². The van der Waals surface area contributed by atoms with Gasteiger partial charge in [-0.2, -0.15) is 5.10 Å². The fraction of sp³-hybridized carbons (Fsp3) is 0.400. The Morgan fingerprint density at radius 1 is 1.71 bits per heavy atom. The van der Waals surface area contributed by atoms with Crippen molar-refractivity contribution in [3.63, 3.8) is 0 Å². The van der Waals surface area contributed by atoms with Crippen LogP contribution in [0.15, 0.2) is 24.5 Å². The molecule has 14 heavy (non-hydrogen) atoms. The Bertz CT molecular complexity index is 341. The Balaban J connectivity index is 2.58. The molecule has 1 unspecified atom stereocenters. The number of amides is 1. The Kier molecular flexibility index (Phi) is 3.45. The molecule has 1 atom stereocenters. The van der Waals surface area contributed by atoms with Gasteiger partial charge in [0.05, 0.1) is 12.2 Å². The monoisotopic (exact) mass is 193 g/mol. The van der Waals surface area contributed by atoms with Crippen molar-refractivity contribution in [2.75, 3.05) is 0 Å². The maximum absolute atomic E-state index is 11.2. The van der Waals surface area contributed by atoms with E-state index in [0.29, 0.717) is 0 Å². The highest BCUT2D eigenvalue weighted by Crippen LogP contribution is 2.09. The normalized spacial score (nSPS) is 13.1. The molecule has 0 fully saturated rings. The van der Waals surface area contributed by atoms with Gasteiger partial charge in [0.2, 0.25) is 5.91 Å². The largest absolute Gasteiger partial charge is 0.346 e. The minimum atomic E-state index is -0.0798. The second-order valence-electron chi connectivity index (χ2n) is 3.18. The van der Waals surface area contributed by atoms with Crippen molar-refractivity contribution in [3.8, 4) is 0 Å². The predicted molar refractivity (Wildman–Crippen MR) is 54.6 cm³/mol. The van der Waals surface area contributed by atoms with Crippen molar-refractivity contribution >= 4 is 5.91 Å². The lowest BCUT2D eigenvalue weighted by atomic mass is 10.2. The van der Waals surface area contributed by atoms with Crippen molar-refractivity contribution in [3.05, 3.63) is 30.1 Å². The van der Waals surface area contributed by atoms with Gasteiger partial charge in [0.15, 0.2) is 0 Å². The van der Waals surface area contributed by atoms with Crippen LogP contribution in [-0.4, -0.2) is 15.7 Å². The molecule has 0 bridgehead atoms. The summed E-state index contributed by atoms with van der Waals surface area (Å²) in [5.41, 5.74) is 1.00. The van der Waals surface area contributed by atoms with E-state index in [1.807, 2.05) is 27.1 Å². The van der Waals surface area contributed by atoms with Crippen LogP contribution in [0.25, 0.3) is 0 Å². The first-order chi connectivity index (χ1) is 6.63. The van der Waals surface area contributed by atoms with Crippen molar-refractivity contribution < 1.29 is 4.79 Å². The minimum absolute atomic E-state index is 0.00704. The topological polar surface area (TPSA) is 46.9 Å². The summed E-state index contributed by atoms with van der Waals surface area (Å²) in [4.78, 5) is 11.2. The van der Waals surface area contributed by atoms with E-state index in [4.69, 9.17) is 0 Å². The molecule has 1 N–H and O–H groups in total. The van der Waals surface area contributed by atoms with Crippen molar-refractivity contribution in [1.29, 1.82) is 0 Å². The Labute approximate surface area is 83.6 Å². The molecule has 0 aliphatic heterocycles. The average molecular weight is 193 g/mol. The molecule has 1 rings (SSSR count). The van der Waals surface area contributed by atoms with E-state index in [9.17, 15) is 4.79 Å². The van der Waals surface area contributed by atoms with E-state index in [2.05, 4.69) is 10.4 Å². The van der Waals surface area contributed by atoms with Gasteiger partial charge in [-0.05, 0) is 19.9 Å². The highest BCUT2D eigenvalue weighted by atomic mass is 16.1. The molecule has 0 spiro atoms. The van der Waals surface area contributed by atoms with E-state index in [1.165, 1.54) is 6.08 Å². The highest BCUT2D eigenvalue weighted by Gasteiger charge is 2.08. The van der Waals surface area contributed by atoms with Crippen molar-refractivity contribution in [2.24, 2.45) is 7.05 Å². The first kappa shape index (κ1) is 10.5. The summed E-state index contributed by atoms with van der Waals surface area (Å²) >= 11 is 0. The molecule has 1 aromatic heterocycles. The van der Waals surface area contributed by atoms with Gasteiger partial charge in [0.1, 0.15) is 0 Å². The molecule has 76 valence electrons. The van der Waals surface area contributed by atoms with Crippen LogP contribution < -0.4 is 5.32 Å². The number of aromatic nitrogens is 2. The first-order valence-electron chi connectivity index (χ1n) is 4.55. The zero-order valence-electron chi connectivity index (χ0n) is 8.69. The molecule has 4 heteroatoms. The van der Waals surface area contributed by atoms with Gasteiger partial charge in [-0.15, -0.1) is 0 Å². The lowest BCUT2D eigenvalue weighted by Gasteiger charge is -2.09. The van der Waals surface area contributed by atoms with Gasteiger partial charge in [-0.1, -0.05) is 6.08 Å². The third kappa shape index (κ3) is 2.73. The summed E-state index contributed by atoms with van der Waals surface area (Å²) in [5, 5.41) is 6.87. The predicted octanol–water partition coefficient (Wildman–Crippen LogP) is 1.17.